The third-order valence-electron chi connectivity index (χ3n) is 1.22. The summed E-state index contributed by atoms with van der Waals surface area (Å²) in [6.45, 7) is 0.910. The highest BCUT2D eigenvalue weighted by Gasteiger charge is 2.23. The van der Waals surface area contributed by atoms with Crippen molar-refractivity contribution in [2.24, 2.45) is 0 Å². The summed E-state index contributed by atoms with van der Waals surface area (Å²) in [6.07, 6.45) is -0.321. The van der Waals surface area contributed by atoms with Crippen molar-refractivity contribution >= 4 is 5.78 Å². The molecule has 0 unspecified atom stereocenters. The lowest BCUT2D eigenvalue weighted by atomic mass is 10.1. The predicted octanol–water partition coefficient (Wildman–Crippen LogP) is -0.971. The molecule has 0 amide bonds. The number of ketones is 1. The minimum absolute atomic E-state index is 0.0821. The number of rotatable bonds is 4. The first-order valence-corrected chi connectivity index (χ1v) is 3.09. The number of carbonyl (C=O) groups excluding carboxylic acids is 1. The predicted molar refractivity (Wildman–Crippen MR) is 34.2 cm³/mol. The van der Waals surface area contributed by atoms with Gasteiger partial charge in [0.1, 0.15) is 6.61 Å². The van der Waals surface area contributed by atoms with E-state index < -0.39 is 24.6 Å². The van der Waals surface area contributed by atoms with Crippen molar-refractivity contribution in [3.8, 4) is 0 Å². The SMILES string of the molecule is CCC(O)(O)CC(=O)CO. The van der Waals surface area contributed by atoms with E-state index in [-0.39, 0.29) is 6.42 Å². The van der Waals surface area contributed by atoms with Gasteiger partial charge in [0.15, 0.2) is 11.6 Å². The van der Waals surface area contributed by atoms with E-state index in [4.69, 9.17) is 15.3 Å². The van der Waals surface area contributed by atoms with E-state index >= 15 is 0 Å². The average molecular weight is 148 g/mol. The van der Waals surface area contributed by atoms with Gasteiger partial charge in [0.25, 0.3) is 0 Å². The number of Topliss-reactive ketones (excluding diaryl/α,β-unsaturated/α-hetero) is 1. The number of hydrogen-bond donors (Lipinski definition) is 3. The smallest absolute Gasteiger partial charge is 0.169 e. The number of hydrogen-bond acceptors (Lipinski definition) is 4. The Morgan fingerprint density at radius 1 is 1.50 bits per heavy atom. The van der Waals surface area contributed by atoms with Crippen LogP contribution in [-0.4, -0.2) is 33.5 Å². The standard InChI is InChI=1S/C6H12O4/c1-2-6(9,10)3-5(8)4-7/h7,9-10H,2-4H2,1H3. The molecular formula is C6H12O4. The fourth-order valence-corrected chi connectivity index (χ4v) is 0.497. The molecule has 0 spiro atoms. The van der Waals surface area contributed by atoms with Gasteiger partial charge in [0, 0.05) is 0 Å². The van der Waals surface area contributed by atoms with E-state index in [0.717, 1.165) is 0 Å². The van der Waals surface area contributed by atoms with Crippen molar-refractivity contribution in [3.63, 3.8) is 0 Å². The summed E-state index contributed by atoms with van der Waals surface area (Å²) >= 11 is 0. The topological polar surface area (TPSA) is 77.8 Å². The highest BCUT2D eigenvalue weighted by Crippen LogP contribution is 2.09. The van der Waals surface area contributed by atoms with Crippen LogP contribution in [0.5, 0.6) is 0 Å². The molecule has 0 radical (unpaired) electrons. The van der Waals surface area contributed by atoms with E-state index in [1.54, 1.807) is 6.92 Å². The fraction of sp³-hybridized carbons (Fsp3) is 0.833. The van der Waals surface area contributed by atoms with Crippen LogP contribution in [-0.2, 0) is 4.79 Å². The Labute approximate surface area is 59.1 Å². The lowest BCUT2D eigenvalue weighted by molar-refractivity contribution is -0.173. The first-order valence-electron chi connectivity index (χ1n) is 3.09. The molecule has 0 atom stereocenters. The first-order chi connectivity index (χ1) is 4.52. The van der Waals surface area contributed by atoms with E-state index in [0.29, 0.717) is 0 Å². The second-order valence-electron chi connectivity index (χ2n) is 2.21. The van der Waals surface area contributed by atoms with Gasteiger partial charge in [-0.3, -0.25) is 4.79 Å². The maximum Gasteiger partial charge on any atom is 0.169 e. The van der Waals surface area contributed by atoms with E-state index in [2.05, 4.69) is 0 Å². The normalized spacial score (nSPS) is 11.6. The third kappa shape index (κ3) is 3.55. The molecule has 0 aromatic carbocycles. The van der Waals surface area contributed by atoms with E-state index in [1.807, 2.05) is 0 Å². The van der Waals surface area contributed by atoms with Gasteiger partial charge in [-0.2, -0.15) is 0 Å². The molecule has 0 heterocycles. The van der Waals surface area contributed by atoms with Gasteiger partial charge in [0.05, 0.1) is 6.42 Å². The molecule has 4 nitrogen and oxygen atoms in total. The van der Waals surface area contributed by atoms with Crippen molar-refractivity contribution in [1.29, 1.82) is 0 Å². The van der Waals surface area contributed by atoms with Crippen LogP contribution in [0, 0.1) is 0 Å². The van der Waals surface area contributed by atoms with Crippen molar-refractivity contribution < 1.29 is 20.1 Å². The van der Waals surface area contributed by atoms with Crippen LogP contribution < -0.4 is 0 Å². The molecule has 3 N–H and O–H groups in total. The highest BCUT2D eigenvalue weighted by molar-refractivity contribution is 5.80. The number of aliphatic hydroxyl groups is 3. The van der Waals surface area contributed by atoms with Gasteiger partial charge in [-0.1, -0.05) is 6.92 Å². The summed E-state index contributed by atoms with van der Waals surface area (Å²) in [6, 6.07) is 0. The second-order valence-corrected chi connectivity index (χ2v) is 2.21. The molecule has 60 valence electrons. The van der Waals surface area contributed by atoms with Crippen molar-refractivity contribution in [2.75, 3.05) is 6.61 Å². The largest absolute Gasteiger partial charge is 0.389 e. The molecule has 4 heteroatoms. The van der Waals surface area contributed by atoms with Crippen LogP contribution in [0.25, 0.3) is 0 Å². The van der Waals surface area contributed by atoms with Crippen LogP contribution in [0.4, 0.5) is 0 Å². The summed E-state index contributed by atoms with van der Waals surface area (Å²) in [7, 11) is 0. The van der Waals surface area contributed by atoms with Crippen LogP contribution in [0.2, 0.25) is 0 Å². The Kier molecular flexibility index (Phi) is 3.49. The quantitative estimate of drug-likeness (QED) is 0.448. The molecule has 0 aromatic rings. The van der Waals surface area contributed by atoms with Gasteiger partial charge in [0.2, 0.25) is 0 Å². The van der Waals surface area contributed by atoms with Crippen LogP contribution in [0.1, 0.15) is 19.8 Å². The third-order valence-corrected chi connectivity index (χ3v) is 1.22. The minimum Gasteiger partial charge on any atom is -0.389 e. The molecule has 0 aliphatic carbocycles. The maximum absolute atomic E-state index is 10.4. The zero-order chi connectivity index (χ0) is 8.20. The Morgan fingerprint density at radius 3 is 2.30 bits per heavy atom. The molecule has 0 rings (SSSR count). The molecule has 0 aliphatic rings. The molecule has 0 saturated carbocycles. The first kappa shape index (κ1) is 9.55. The molecule has 0 aromatic heterocycles. The van der Waals surface area contributed by atoms with Gasteiger partial charge in [-0.25, -0.2) is 0 Å². The minimum atomic E-state index is -1.94. The lowest BCUT2D eigenvalue weighted by Crippen LogP contribution is -2.31. The zero-order valence-electron chi connectivity index (χ0n) is 5.87. The summed E-state index contributed by atoms with van der Waals surface area (Å²) in [5.74, 6) is -2.51. The van der Waals surface area contributed by atoms with E-state index in [1.165, 1.54) is 0 Å². The van der Waals surface area contributed by atoms with Crippen LogP contribution >= 0.6 is 0 Å². The summed E-state index contributed by atoms with van der Waals surface area (Å²) in [4.78, 5) is 10.4. The number of carbonyl (C=O) groups is 1. The van der Waals surface area contributed by atoms with Gasteiger partial charge in [-0.05, 0) is 6.42 Å². The summed E-state index contributed by atoms with van der Waals surface area (Å²) in [5, 5.41) is 25.9. The summed E-state index contributed by atoms with van der Waals surface area (Å²) < 4.78 is 0. The fourth-order valence-electron chi connectivity index (χ4n) is 0.497. The molecular weight excluding hydrogens is 136 g/mol. The lowest BCUT2D eigenvalue weighted by Gasteiger charge is -2.17. The van der Waals surface area contributed by atoms with Gasteiger partial charge >= 0.3 is 0 Å². The maximum atomic E-state index is 10.4. The average Bonchev–Trinajstić information content (AvgIpc) is 1.87. The number of aliphatic hydroxyl groups excluding tert-OH is 1. The second kappa shape index (κ2) is 3.65. The highest BCUT2D eigenvalue weighted by atomic mass is 16.5. The van der Waals surface area contributed by atoms with Gasteiger partial charge in [-0.15, -0.1) is 0 Å². The van der Waals surface area contributed by atoms with Gasteiger partial charge < -0.3 is 15.3 Å². The Bertz CT molecular complexity index is 119. The van der Waals surface area contributed by atoms with Crippen LogP contribution in [0.15, 0.2) is 0 Å². The van der Waals surface area contributed by atoms with Crippen LogP contribution in [0.3, 0.4) is 0 Å². The van der Waals surface area contributed by atoms with E-state index in [9.17, 15) is 4.79 Å². The van der Waals surface area contributed by atoms with Crippen molar-refractivity contribution in [3.05, 3.63) is 0 Å². The Balaban J connectivity index is 3.76. The molecule has 10 heavy (non-hydrogen) atoms. The monoisotopic (exact) mass is 148 g/mol. The molecule has 0 bridgehead atoms. The zero-order valence-corrected chi connectivity index (χ0v) is 5.87. The molecule has 0 aliphatic heterocycles. The van der Waals surface area contributed by atoms with Crippen molar-refractivity contribution in [1.82, 2.24) is 0 Å². The molecule has 0 saturated heterocycles. The van der Waals surface area contributed by atoms with Crippen molar-refractivity contribution in [2.45, 2.75) is 25.6 Å². The Hall–Kier alpha value is -0.450. The Morgan fingerprint density at radius 2 is 2.00 bits per heavy atom. The molecule has 0 fully saturated rings. The summed E-state index contributed by atoms with van der Waals surface area (Å²) in [5.41, 5.74) is 0.